The molecule has 0 spiro atoms. The minimum absolute atomic E-state index is 0.451. The van der Waals surface area contributed by atoms with E-state index in [1.54, 1.807) is 0 Å². The van der Waals surface area contributed by atoms with Gasteiger partial charge in [-0.1, -0.05) is 13.8 Å². The lowest BCUT2D eigenvalue weighted by atomic mass is 10.0. The van der Waals surface area contributed by atoms with Crippen LogP contribution in [-0.2, 0) is 4.74 Å². The van der Waals surface area contributed by atoms with Gasteiger partial charge in [0.05, 0.1) is 12.2 Å². The fourth-order valence-corrected chi connectivity index (χ4v) is 1.62. The van der Waals surface area contributed by atoms with Crippen molar-refractivity contribution in [3.63, 3.8) is 0 Å². The van der Waals surface area contributed by atoms with E-state index in [1.807, 2.05) is 0 Å². The molecule has 0 aliphatic carbocycles. The van der Waals surface area contributed by atoms with E-state index in [0.717, 1.165) is 13.0 Å². The molecule has 0 aromatic carbocycles. The summed E-state index contributed by atoms with van der Waals surface area (Å²) in [4.78, 5) is 0. The highest BCUT2D eigenvalue weighted by atomic mass is 16.5. The first-order chi connectivity index (χ1) is 5.24. The molecule has 1 fully saturated rings. The van der Waals surface area contributed by atoms with Crippen LogP contribution in [0.2, 0.25) is 0 Å². The van der Waals surface area contributed by atoms with Crippen LogP contribution in [-0.4, -0.2) is 18.8 Å². The summed E-state index contributed by atoms with van der Waals surface area (Å²) < 4.78 is 5.78. The highest BCUT2D eigenvalue weighted by Gasteiger charge is 2.26. The fraction of sp³-hybridized carbons (Fsp3) is 1.00. The quantitative estimate of drug-likeness (QED) is 0.674. The second-order valence-corrected chi connectivity index (χ2v) is 3.70. The summed E-state index contributed by atoms with van der Waals surface area (Å²) in [6, 6.07) is 0. The largest absolute Gasteiger partial charge is 0.375 e. The van der Waals surface area contributed by atoms with Crippen LogP contribution in [0.25, 0.3) is 0 Å². The summed E-state index contributed by atoms with van der Waals surface area (Å²) in [5, 5.41) is 0. The molecule has 1 rings (SSSR count). The number of rotatable bonds is 3. The van der Waals surface area contributed by atoms with Gasteiger partial charge in [-0.3, -0.25) is 0 Å². The minimum Gasteiger partial charge on any atom is -0.375 e. The first-order valence-electron chi connectivity index (χ1n) is 4.59. The molecule has 11 heavy (non-hydrogen) atoms. The molecule has 0 amide bonds. The third-order valence-corrected chi connectivity index (χ3v) is 2.37. The molecule has 1 aliphatic heterocycles. The van der Waals surface area contributed by atoms with Crippen LogP contribution >= 0.6 is 0 Å². The normalized spacial score (nSPS) is 31.6. The van der Waals surface area contributed by atoms with E-state index in [1.165, 1.54) is 12.8 Å². The van der Waals surface area contributed by atoms with E-state index in [2.05, 4.69) is 13.8 Å². The van der Waals surface area contributed by atoms with Crippen molar-refractivity contribution in [1.29, 1.82) is 0 Å². The van der Waals surface area contributed by atoms with Crippen molar-refractivity contribution in [2.24, 2.45) is 11.7 Å². The van der Waals surface area contributed by atoms with Crippen LogP contribution < -0.4 is 5.73 Å². The molecule has 0 aromatic rings. The Labute approximate surface area is 69.1 Å². The second-order valence-electron chi connectivity index (χ2n) is 3.70. The zero-order chi connectivity index (χ0) is 8.27. The molecule has 1 saturated heterocycles. The fourth-order valence-electron chi connectivity index (χ4n) is 1.62. The number of hydrogen-bond donors (Lipinski definition) is 1. The molecule has 1 heterocycles. The van der Waals surface area contributed by atoms with Crippen molar-refractivity contribution < 1.29 is 4.74 Å². The summed E-state index contributed by atoms with van der Waals surface area (Å²) in [6.07, 6.45) is 4.41. The highest BCUT2D eigenvalue weighted by Crippen LogP contribution is 2.26. The van der Waals surface area contributed by atoms with Gasteiger partial charge in [0.1, 0.15) is 0 Å². The number of hydrogen-bond acceptors (Lipinski definition) is 2. The van der Waals surface area contributed by atoms with Gasteiger partial charge < -0.3 is 10.5 Å². The molecular formula is C9H19NO. The number of ether oxygens (including phenoxy) is 1. The summed E-state index contributed by atoms with van der Waals surface area (Å²) in [5.41, 5.74) is 5.45. The molecule has 2 N–H and O–H groups in total. The molecule has 2 nitrogen and oxygen atoms in total. The molecule has 0 bridgehead atoms. The van der Waals surface area contributed by atoms with Crippen molar-refractivity contribution in [2.75, 3.05) is 6.54 Å². The van der Waals surface area contributed by atoms with Crippen molar-refractivity contribution in [1.82, 2.24) is 0 Å². The molecule has 1 aliphatic rings. The molecule has 0 aromatic heterocycles. The maximum Gasteiger partial charge on any atom is 0.0602 e. The van der Waals surface area contributed by atoms with Crippen LogP contribution in [0.1, 0.15) is 33.1 Å². The summed E-state index contributed by atoms with van der Waals surface area (Å²) in [6.45, 7) is 5.19. The second kappa shape index (κ2) is 4.07. The summed E-state index contributed by atoms with van der Waals surface area (Å²) in [7, 11) is 0. The van der Waals surface area contributed by atoms with E-state index in [4.69, 9.17) is 10.5 Å². The average Bonchev–Trinajstić information content (AvgIpc) is 2.37. The third kappa shape index (κ3) is 2.46. The first-order valence-corrected chi connectivity index (χ1v) is 4.59. The predicted octanol–water partition coefficient (Wildman–Crippen LogP) is 1.54. The van der Waals surface area contributed by atoms with E-state index in [-0.39, 0.29) is 0 Å². The predicted molar refractivity (Wildman–Crippen MR) is 46.4 cm³/mol. The SMILES string of the molecule is CC(C)C1CCC(CCN)O1. The van der Waals surface area contributed by atoms with Crippen LogP contribution in [0.15, 0.2) is 0 Å². The lowest BCUT2D eigenvalue weighted by Crippen LogP contribution is -2.18. The van der Waals surface area contributed by atoms with E-state index < -0.39 is 0 Å². The van der Waals surface area contributed by atoms with Gasteiger partial charge in [-0.05, 0) is 31.7 Å². The highest BCUT2D eigenvalue weighted by molar-refractivity contribution is 4.75. The first kappa shape index (κ1) is 9.01. The molecule has 2 heteroatoms. The zero-order valence-corrected chi connectivity index (χ0v) is 7.55. The summed E-state index contributed by atoms with van der Waals surface area (Å²) >= 11 is 0. The van der Waals surface area contributed by atoms with Crippen molar-refractivity contribution in [3.8, 4) is 0 Å². The lowest BCUT2D eigenvalue weighted by Gasteiger charge is -2.15. The maximum absolute atomic E-state index is 5.78. The molecule has 2 atom stereocenters. The van der Waals surface area contributed by atoms with Crippen LogP contribution in [0.3, 0.4) is 0 Å². The van der Waals surface area contributed by atoms with Gasteiger partial charge in [0.15, 0.2) is 0 Å². The van der Waals surface area contributed by atoms with Crippen molar-refractivity contribution in [2.45, 2.75) is 45.3 Å². The van der Waals surface area contributed by atoms with Gasteiger partial charge >= 0.3 is 0 Å². The van der Waals surface area contributed by atoms with E-state index in [9.17, 15) is 0 Å². The van der Waals surface area contributed by atoms with Crippen molar-refractivity contribution >= 4 is 0 Å². The number of nitrogens with two attached hydrogens (primary N) is 1. The van der Waals surface area contributed by atoms with E-state index >= 15 is 0 Å². The van der Waals surface area contributed by atoms with Crippen LogP contribution in [0.5, 0.6) is 0 Å². The van der Waals surface area contributed by atoms with E-state index in [0.29, 0.717) is 18.1 Å². The monoisotopic (exact) mass is 157 g/mol. The molecular weight excluding hydrogens is 138 g/mol. The Morgan fingerprint density at radius 3 is 2.64 bits per heavy atom. The van der Waals surface area contributed by atoms with Crippen LogP contribution in [0.4, 0.5) is 0 Å². The Bertz CT molecular complexity index is 114. The molecule has 2 unspecified atom stereocenters. The average molecular weight is 157 g/mol. The Morgan fingerprint density at radius 2 is 2.18 bits per heavy atom. The van der Waals surface area contributed by atoms with Crippen LogP contribution in [0, 0.1) is 5.92 Å². The minimum atomic E-state index is 0.451. The Hall–Kier alpha value is -0.0800. The molecule has 0 radical (unpaired) electrons. The topological polar surface area (TPSA) is 35.2 Å². The standard InChI is InChI=1S/C9H19NO/c1-7(2)9-4-3-8(11-9)5-6-10/h7-9H,3-6,10H2,1-2H3. The maximum atomic E-state index is 5.78. The van der Waals surface area contributed by atoms with Gasteiger partial charge in [-0.25, -0.2) is 0 Å². The third-order valence-electron chi connectivity index (χ3n) is 2.37. The van der Waals surface area contributed by atoms with Gasteiger partial charge in [0, 0.05) is 0 Å². The van der Waals surface area contributed by atoms with Gasteiger partial charge in [0.2, 0.25) is 0 Å². The summed E-state index contributed by atoms with van der Waals surface area (Å²) in [5.74, 6) is 0.665. The Morgan fingerprint density at radius 1 is 1.45 bits per heavy atom. The Balaban J connectivity index is 2.23. The van der Waals surface area contributed by atoms with Crippen molar-refractivity contribution in [3.05, 3.63) is 0 Å². The smallest absolute Gasteiger partial charge is 0.0602 e. The van der Waals surface area contributed by atoms with Gasteiger partial charge in [-0.15, -0.1) is 0 Å². The molecule has 66 valence electrons. The Kier molecular flexibility index (Phi) is 3.34. The van der Waals surface area contributed by atoms with Gasteiger partial charge in [-0.2, -0.15) is 0 Å². The molecule has 0 saturated carbocycles. The van der Waals surface area contributed by atoms with Gasteiger partial charge in [0.25, 0.3) is 0 Å². The lowest BCUT2D eigenvalue weighted by molar-refractivity contribution is 0.0171. The zero-order valence-electron chi connectivity index (χ0n) is 7.55.